The molecule has 0 aliphatic heterocycles. The Kier molecular flexibility index (Phi) is 8.22. The van der Waals surface area contributed by atoms with Gasteiger partial charge in [0.2, 0.25) is 0 Å². The molecule has 0 heterocycles. The van der Waals surface area contributed by atoms with Crippen molar-refractivity contribution in [2.24, 2.45) is 0 Å². The van der Waals surface area contributed by atoms with Gasteiger partial charge in [0.25, 0.3) is 0 Å². The van der Waals surface area contributed by atoms with Gasteiger partial charge in [0.05, 0.1) is 7.11 Å². The summed E-state index contributed by atoms with van der Waals surface area (Å²) in [6, 6.07) is 7.03. The Morgan fingerprint density at radius 3 is 2.80 bits per heavy atom. The fraction of sp³-hybridized carbons (Fsp3) is 0.533. The lowest BCUT2D eigenvalue weighted by Gasteiger charge is -2.09. The SMILES string of the molecule is CCCCOCCCNC(=O)Nc1cccc(OC)c1. The highest BCUT2D eigenvalue weighted by Crippen LogP contribution is 2.16. The van der Waals surface area contributed by atoms with Crippen molar-refractivity contribution in [1.82, 2.24) is 5.32 Å². The summed E-state index contributed by atoms with van der Waals surface area (Å²) in [4.78, 5) is 11.6. The zero-order valence-electron chi connectivity index (χ0n) is 12.3. The van der Waals surface area contributed by atoms with Gasteiger partial charge in [-0.05, 0) is 25.0 Å². The first kappa shape index (κ1) is 16.3. The van der Waals surface area contributed by atoms with E-state index in [0.717, 1.165) is 25.9 Å². The summed E-state index contributed by atoms with van der Waals surface area (Å²) in [6.45, 7) is 4.21. The molecule has 0 atom stereocenters. The molecule has 0 bridgehead atoms. The molecule has 5 heteroatoms. The number of amides is 2. The minimum atomic E-state index is -0.216. The van der Waals surface area contributed by atoms with Gasteiger partial charge < -0.3 is 20.1 Å². The monoisotopic (exact) mass is 280 g/mol. The van der Waals surface area contributed by atoms with E-state index in [4.69, 9.17) is 9.47 Å². The molecule has 2 amide bonds. The second-order valence-corrected chi connectivity index (χ2v) is 4.43. The molecule has 1 rings (SSSR count). The predicted molar refractivity (Wildman–Crippen MR) is 80.4 cm³/mol. The van der Waals surface area contributed by atoms with Crippen LogP contribution in [0.25, 0.3) is 0 Å². The minimum absolute atomic E-state index is 0.216. The molecular formula is C15H24N2O3. The molecule has 0 unspecified atom stereocenters. The van der Waals surface area contributed by atoms with Gasteiger partial charge in [-0.15, -0.1) is 0 Å². The Labute approximate surface area is 120 Å². The minimum Gasteiger partial charge on any atom is -0.497 e. The third-order valence-electron chi connectivity index (χ3n) is 2.72. The van der Waals surface area contributed by atoms with E-state index in [9.17, 15) is 4.79 Å². The van der Waals surface area contributed by atoms with Gasteiger partial charge in [-0.1, -0.05) is 19.4 Å². The maximum atomic E-state index is 11.6. The number of hydrogen-bond donors (Lipinski definition) is 2. The molecule has 0 aliphatic rings. The Hall–Kier alpha value is -1.75. The van der Waals surface area contributed by atoms with Crippen LogP contribution in [0.4, 0.5) is 10.5 Å². The van der Waals surface area contributed by atoms with Crippen molar-refractivity contribution in [2.45, 2.75) is 26.2 Å². The zero-order chi connectivity index (χ0) is 14.6. The van der Waals surface area contributed by atoms with E-state index in [1.807, 2.05) is 18.2 Å². The van der Waals surface area contributed by atoms with E-state index < -0.39 is 0 Å². The number of anilines is 1. The molecule has 5 nitrogen and oxygen atoms in total. The van der Waals surface area contributed by atoms with E-state index in [-0.39, 0.29) is 6.03 Å². The van der Waals surface area contributed by atoms with Crippen LogP contribution in [-0.4, -0.2) is 32.9 Å². The molecular weight excluding hydrogens is 256 g/mol. The van der Waals surface area contributed by atoms with E-state index >= 15 is 0 Å². The quantitative estimate of drug-likeness (QED) is 0.684. The summed E-state index contributed by atoms with van der Waals surface area (Å²) in [5.41, 5.74) is 0.709. The normalized spacial score (nSPS) is 10.1. The largest absolute Gasteiger partial charge is 0.497 e. The first-order valence-corrected chi connectivity index (χ1v) is 7.03. The van der Waals surface area contributed by atoms with Gasteiger partial charge in [-0.3, -0.25) is 0 Å². The molecule has 112 valence electrons. The van der Waals surface area contributed by atoms with Crippen molar-refractivity contribution in [3.8, 4) is 5.75 Å². The fourth-order valence-electron chi connectivity index (χ4n) is 1.60. The smallest absolute Gasteiger partial charge is 0.319 e. The Morgan fingerprint density at radius 2 is 2.05 bits per heavy atom. The highest BCUT2D eigenvalue weighted by atomic mass is 16.5. The number of carbonyl (C=O) groups is 1. The molecule has 0 fully saturated rings. The molecule has 20 heavy (non-hydrogen) atoms. The van der Waals surface area contributed by atoms with Gasteiger partial charge in [-0.2, -0.15) is 0 Å². The van der Waals surface area contributed by atoms with Crippen LogP contribution in [0.2, 0.25) is 0 Å². The number of nitrogens with one attached hydrogen (secondary N) is 2. The maximum Gasteiger partial charge on any atom is 0.319 e. The maximum absolute atomic E-state index is 11.6. The number of unbranched alkanes of at least 4 members (excludes halogenated alkanes) is 1. The molecule has 2 N–H and O–H groups in total. The average Bonchev–Trinajstić information content (AvgIpc) is 2.46. The summed E-state index contributed by atoms with van der Waals surface area (Å²) in [5.74, 6) is 0.715. The number of urea groups is 1. The molecule has 1 aromatic rings. The highest BCUT2D eigenvalue weighted by Gasteiger charge is 2.01. The summed E-state index contributed by atoms with van der Waals surface area (Å²) >= 11 is 0. The standard InChI is InChI=1S/C15H24N2O3/c1-3-4-10-20-11-6-9-16-15(18)17-13-7-5-8-14(12-13)19-2/h5,7-8,12H,3-4,6,9-11H2,1-2H3,(H2,16,17,18). The molecule has 0 saturated carbocycles. The Bertz CT molecular complexity index is 396. The van der Waals surface area contributed by atoms with Crippen molar-refractivity contribution < 1.29 is 14.3 Å². The second-order valence-electron chi connectivity index (χ2n) is 4.43. The number of benzene rings is 1. The lowest BCUT2D eigenvalue weighted by atomic mass is 10.3. The van der Waals surface area contributed by atoms with Crippen LogP contribution in [0.15, 0.2) is 24.3 Å². The molecule has 0 aromatic heterocycles. The van der Waals surface area contributed by atoms with E-state index in [2.05, 4.69) is 17.6 Å². The Balaban J connectivity index is 2.13. The van der Waals surface area contributed by atoms with Crippen LogP contribution in [0, 0.1) is 0 Å². The van der Waals surface area contributed by atoms with Crippen molar-refractivity contribution in [1.29, 1.82) is 0 Å². The number of ether oxygens (including phenoxy) is 2. The van der Waals surface area contributed by atoms with E-state index in [0.29, 0.717) is 24.6 Å². The zero-order valence-corrected chi connectivity index (χ0v) is 12.3. The topological polar surface area (TPSA) is 59.6 Å². The van der Waals surface area contributed by atoms with Crippen LogP contribution in [-0.2, 0) is 4.74 Å². The van der Waals surface area contributed by atoms with Crippen LogP contribution < -0.4 is 15.4 Å². The Morgan fingerprint density at radius 1 is 1.25 bits per heavy atom. The summed E-state index contributed by atoms with van der Waals surface area (Å²) in [6.07, 6.45) is 3.04. The first-order valence-electron chi connectivity index (χ1n) is 7.03. The molecule has 0 spiro atoms. The number of hydrogen-bond acceptors (Lipinski definition) is 3. The molecule has 0 radical (unpaired) electrons. The fourth-order valence-corrected chi connectivity index (χ4v) is 1.60. The number of carbonyl (C=O) groups excluding carboxylic acids is 1. The van der Waals surface area contributed by atoms with Crippen LogP contribution in [0.3, 0.4) is 0 Å². The third-order valence-corrected chi connectivity index (χ3v) is 2.72. The number of methoxy groups -OCH3 is 1. The van der Waals surface area contributed by atoms with Crippen LogP contribution >= 0.6 is 0 Å². The molecule has 0 aliphatic carbocycles. The molecule has 0 saturated heterocycles. The summed E-state index contributed by atoms with van der Waals surface area (Å²) in [7, 11) is 1.59. The van der Waals surface area contributed by atoms with Gasteiger partial charge in [-0.25, -0.2) is 4.79 Å². The van der Waals surface area contributed by atoms with Crippen molar-refractivity contribution in [3.63, 3.8) is 0 Å². The van der Waals surface area contributed by atoms with Crippen molar-refractivity contribution >= 4 is 11.7 Å². The summed E-state index contributed by atoms with van der Waals surface area (Å²) in [5, 5.41) is 5.55. The summed E-state index contributed by atoms with van der Waals surface area (Å²) < 4.78 is 10.5. The van der Waals surface area contributed by atoms with Gasteiger partial charge in [0.1, 0.15) is 5.75 Å². The first-order chi connectivity index (χ1) is 9.76. The van der Waals surface area contributed by atoms with Crippen LogP contribution in [0.1, 0.15) is 26.2 Å². The second kappa shape index (κ2) is 10.1. The lowest BCUT2D eigenvalue weighted by molar-refractivity contribution is 0.129. The third kappa shape index (κ3) is 6.99. The van der Waals surface area contributed by atoms with Crippen LogP contribution in [0.5, 0.6) is 5.75 Å². The van der Waals surface area contributed by atoms with Gasteiger partial charge >= 0.3 is 6.03 Å². The average molecular weight is 280 g/mol. The van der Waals surface area contributed by atoms with E-state index in [1.54, 1.807) is 13.2 Å². The predicted octanol–water partition coefficient (Wildman–Crippen LogP) is 3.02. The lowest BCUT2D eigenvalue weighted by Crippen LogP contribution is -2.30. The molecule has 1 aromatic carbocycles. The van der Waals surface area contributed by atoms with Crippen molar-refractivity contribution in [2.75, 3.05) is 32.2 Å². The number of rotatable bonds is 9. The van der Waals surface area contributed by atoms with Crippen molar-refractivity contribution in [3.05, 3.63) is 24.3 Å². The van der Waals surface area contributed by atoms with E-state index in [1.165, 1.54) is 0 Å². The van der Waals surface area contributed by atoms with Gasteiger partial charge in [0, 0.05) is 31.5 Å². The van der Waals surface area contributed by atoms with Gasteiger partial charge in [0.15, 0.2) is 0 Å². The highest BCUT2D eigenvalue weighted by molar-refractivity contribution is 5.89.